The fourth-order valence-electron chi connectivity index (χ4n) is 2.51. The van der Waals surface area contributed by atoms with Crippen LogP contribution in [0.4, 0.5) is 0 Å². The van der Waals surface area contributed by atoms with Crippen LogP contribution in [0, 0.1) is 0 Å². The molecule has 0 bridgehead atoms. The third-order valence-corrected chi connectivity index (χ3v) is 9.55. The SMILES string of the molecule is CC(C)(C)[Si](C)(C)OC[C@H]1O[C@@H]2[C@@H](Oc3nc(=O)ccn32)[C@@H]1O. The van der Waals surface area contributed by atoms with E-state index >= 15 is 0 Å². The zero-order valence-electron chi connectivity index (χ0n) is 14.1. The molecule has 0 amide bonds. The molecule has 0 saturated carbocycles. The zero-order chi connectivity index (χ0) is 17.0. The van der Waals surface area contributed by atoms with Crippen LogP contribution in [0.2, 0.25) is 18.1 Å². The zero-order valence-corrected chi connectivity index (χ0v) is 15.1. The number of aromatic nitrogens is 2. The van der Waals surface area contributed by atoms with Crippen LogP contribution in [0.25, 0.3) is 0 Å². The van der Waals surface area contributed by atoms with E-state index in [1.165, 1.54) is 6.07 Å². The van der Waals surface area contributed by atoms with Gasteiger partial charge in [0.25, 0.3) is 5.56 Å². The van der Waals surface area contributed by atoms with Crippen molar-refractivity contribution in [2.75, 3.05) is 6.61 Å². The number of aliphatic hydroxyl groups excluding tert-OH is 1. The predicted molar refractivity (Wildman–Crippen MR) is 86.0 cm³/mol. The van der Waals surface area contributed by atoms with Crippen LogP contribution in [0.5, 0.6) is 6.01 Å². The molecule has 1 saturated heterocycles. The molecule has 0 radical (unpaired) electrons. The second-order valence-corrected chi connectivity index (χ2v) is 12.5. The average Bonchev–Trinajstić information content (AvgIpc) is 2.92. The molecule has 0 spiro atoms. The van der Waals surface area contributed by atoms with Gasteiger partial charge in [0.1, 0.15) is 12.2 Å². The molecular weight excluding hydrogens is 316 g/mol. The van der Waals surface area contributed by atoms with Gasteiger partial charge in [-0.3, -0.25) is 9.36 Å². The Balaban J connectivity index is 1.70. The Hall–Kier alpha value is -1.22. The first-order chi connectivity index (χ1) is 10.6. The molecule has 128 valence electrons. The van der Waals surface area contributed by atoms with Crippen LogP contribution in [0.1, 0.15) is 27.0 Å². The van der Waals surface area contributed by atoms with E-state index in [9.17, 15) is 9.90 Å². The summed E-state index contributed by atoms with van der Waals surface area (Å²) in [4.78, 5) is 15.1. The highest BCUT2D eigenvalue weighted by Gasteiger charge is 2.51. The molecule has 0 aliphatic carbocycles. The topological polar surface area (TPSA) is 82.8 Å². The summed E-state index contributed by atoms with van der Waals surface area (Å²) < 4.78 is 19.3. The van der Waals surface area contributed by atoms with E-state index in [1.54, 1.807) is 10.8 Å². The number of rotatable bonds is 3. The molecule has 1 aromatic rings. The van der Waals surface area contributed by atoms with Gasteiger partial charge in [0.15, 0.2) is 20.6 Å². The molecule has 2 aliphatic heterocycles. The fourth-order valence-corrected chi connectivity index (χ4v) is 3.53. The van der Waals surface area contributed by atoms with Gasteiger partial charge >= 0.3 is 6.01 Å². The fraction of sp³-hybridized carbons (Fsp3) is 0.733. The van der Waals surface area contributed by atoms with E-state index in [0.717, 1.165) is 0 Å². The van der Waals surface area contributed by atoms with Crippen molar-refractivity contribution in [2.24, 2.45) is 0 Å². The molecule has 1 fully saturated rings. The maximum Gasteiger partial charge on any atom is 0.302 e. The van der Waals surface area contributed by atoms with Gasteiger partial charge in [0.2, 0.25) is 0 Å². The van der Waals surface area contributed by atoms with Crippen molar-refractivity contribution in [3.8, 4) is 6.01 Å². The monoisotopic (exact) mass is 340 g/mol. The Kier molecular flexibility index (Phi) is 3.91. The third kappa shape index (κ3) is 2.84. The maximum atomic E-state index is 11.3. The number of ether oxygens (including phenoxy) is 2. The summed E-state index contributed by atoms with van der Waals surface area (Å²) in [6, 6.07) is 1.54. The minimum atomic E-state index is -1.91. The minimum absolute atomic E-state index is 0.0960. The van der Waals surface area contributed by atoms with E-state index in [4.69, 9.17) is 13.9 Å². The number of fused-ring (bicyclic) bond motifs is 3. The first kappa shape index (κ1) is 16.6. The summed E-state index contributed by atoms with van der Waals surface area (Å²) in [5.74, 6) is 0. The van der Waals surface area contributed by atoms with Gasteiger partial charge in [-0.25, -0.2) is 0 Å². The van der Waals surface area contributed by atoms with Gasteiger partial charge in [-0.05, 0) is 18.1 Å². The van der Waals surface area contributed by atoms with Gasteiger partial charge in [-0.15, -0.1) is 0 Å². The summed E-state index contributed by atoms with van der Waals surface area (Å²) in [6.45, 7) is 11.2. The van der Waals surface area contributed by atoms with Crippen LogP contribution in [-0.4, -0.2) is 47.9 Å². The highest BCUT2D eigenvalue weighted by molar-refractivity contribution is 6.74. The van der Waals surface area contributed by atoms with Gasteiger partial charge in [0.05, 0.1) is 6.61 Å². The molecule has 4 atom stereocenters. The minimum Gasteiger partial charge on any atom is -0.453 e. The molecule has 3 heterocycles. The van der Waals surface area contributed by atoms with Crippen molar-refractivity contribution in [3.63, 3.8) is 0 Å². The molecule has 3 rings (SSSR count). The van der Waals surface area contributed by atoms with Gasteiger partial charge in [-0.1, -0.05) is 20.8 Å². The smallest absolute Gasteiger partial charge is 0.302 e. The average molecular weight is 340 g/mol. The second-order valence-electron chi connectivity index (χ2n) is 7.67. The quantitative estimate of drug-likeness (QED) is 0.835. The molecular formula is C15H24N2O5Si. The second kappa shape index (κ2) is 5.40. The summed E-state index contributed by atoms with van der Waals surface area (Å²) in [5, 5.41) is 10.6. The Morgan fingerprint density at radius 3 is 2.78 bits per heavy atom. The third-order valence-electron chi connectivity index (χ3n) is 5.05. The Bertz CT molecular complexity index is 654. The van der Waals surface area contributed by atoms with Gasteiger partial charge in [0, 0.05) is 12.3 Å². The highest BCUT2D eigenvalue weighted by atomic mass is 28.4. The lowest BCUT2D eigenvalue weighted by atomic mass is 10.1. The Labute approximate surface area is 136 Å². The number of hydrogen-bond acceptors (Lipinski definition) is 6. The molecule has 1 aromatic heterocycles. The molecule has 7 nitrogen and oxygen atoms in total. The van der Waals surface area contributed by atoms with Crippen molar-refractivity contribution < 1.29 is 19.0 Å². The molecule has 2 aliphatic rings. The summed E-state index contributed by atoms with van der Waals surface area (Å²) in [7, 11) is -1.91. The standard InChI is InChI=1S/C15H24N2O5Si/c1-15(2,3)23(4,5)20-8-9-11(19)12-13(21-9)17-7-6-10(18)16-14(17)22-12/h6-7,9,11-13,19H,8H2,1-5H3/t9-,11-,12+,13-/m1/s1. The van der Waals surface area contributed by atoms with Crippen molar-refractivity contribution in [1.29, 1.82) is 0 Å². The van der Waals surface area contributed by atoms with Gasteiger partial charge < -0.3 is 19.0 Å². The predicted octanol–water partition coefficient (Wildman–Crippen LogP) is 1.28. The van der Waals surface area contributed by atoms with Crippen LogP contribution < -0.4 is 10.3 Å². The van der Waals surface area contributed by atoms with Crippen molar-refractivity contribution in [2.45, 2.75) is 63.4 Å². The lowest BCUT2D eigenvalue weighted by Crippen LogP contribution is -2.45. The first-order valence-corrected chi connectivity index (χ1v) is 10.7. The van der Waals surface area contributed by atoms with Crippen LogP contribution in [-0.2, 0) is 9.16 Å². The van der Waals surface area contributed by atoms with Crippen LogP contribution >= 0.6 is 0 Å². The van der Waals surface area contributed by atoms with Gasteiger partial charge in [-0.2, -0.15) is 4.98 Å². The number of aliphatic hydroxyl groups is 1. The van der Waals surface area contributed by atoms with E-state index in [-0.39, 0.29) is 16.6 Å². The number of nitrogens with zero attached hydrogens (tertiary/aromatic N) is 2. The van der Waals surface area contributed by atoms with Crippen molar-refractivity contribution in [3.05, 3.63) is 22.6 Å². The van der Waals surface area contributed by atoms with Crippen LogP contribution in [0.15, 0.2) is 17.1 Å². The lowest BCUT2D eigenvalue weighted by molar-refractivity contribution is -0.0407. The molecule has 8 heteroatoms. The molecule has 23 heavy (non-hydrogen) atoms. The summed E-state index contributed by atoms with van der Waals surface area (Å²) >= 11 is 0. The molecule has 0 aromatic carbocycles. The van der Waals surface area contributed by atoms with E-state index in [2.05, 4.69) is 38.8 Å². The lowest BCUT2D eigenvalue weighted by Gasteiger charge is -2.37. The van der Waals surface area contributed by atoms with E-state index < -0.39 is 32.9 Å². The molecule has 0 unspecified atom stereocenters. The number of hydrogen-bond donors (Lipinski definition) is 1. The summed E-state index contributed by atoms with van der Waals surface area (Å²) in [5.41, 5.74) is -0.372. The van der Waals surface area contributed by atoms with Crippen LogP contribution in [0.3, 0.4) is 0 Å². The first-order valence-electron chi connectivity index (χ1n) is 7.83. The largest absolute Gasteiger partial charge is 0.453 e. The summed E-state index contributed by atoms with van der Waals surface area (Å²) in [6.07, 6.45) is -0.717. The highest BCUT2D eigenvalue weighted by Crippen LogP contribution is 2.41. The van der Waals surface area contributed by atoms with Crippen molar-refractivity contribution in [1.82, 2.24) is 9.55 Å². The Morgan fingerprint density at radius 1 is 1.43 bits per heavy atom. The van der Waals surface area contributed by atoms with E-state index in [0.29, 0.717) is 6.61 Å². The molecule has 1 N–H and O–H groups in total. The van der Waals surface area contributed by atoms with Crippen molar-refractivity contribution >= 4 is 8.32 Å². The van der Waals surface area contributed by atoms with E-state index in [1.807, 2.05) is 0 Å². The maximum absolute atomic E-state index is 11.3. The normalized spacial score (nSPS) is 30.0. The Morgan fingerprint density at radius 2 is 2.13 bits per heavy atom.